The van der Waals surface area contributed by atoms with Crippen molar-refractivity contribution < 1.29 is 9.52 Å². The number of hydrogen-bond acceptors (Lipinski definition) is 3. The molecule has 0 unspecified atom stereocenters. The van der Waals surface area contributed by atoms with Gasteiger partial charge in [0.05, 0.1) is 17.2 Å². The molecule has 1 N–H and O–H groups in total. The Morgan fingerprint density at radius 2 is 2.20 bits per heavy atom. The molecule has 0 saturated carbocycles. The van der Waals surface area contributed by atoms with E-state index in [0.29, 0.717) is 11.0 Å². The van der Waals surface area contributed by atoms with Crippen LogP contribution in [0.4, 0.5) is 0 Å². The van der Waals surface area contributed by atoms with Crippen LogP contribution in [0.1, 0.15) is 11.1 Å². The van der Waals surface area contributed by atoms with Gasteiger partial charge in [0, 0.05) is 5.39 Å². The number of rotatable bonds is 1. The molecule has 0 aliphatic heterocycles. The van der Waals surface area contributed by atoms with Crippen molar-refractivity contribution in [2.75, 3.05) is 0 Å². The van der Waals surface area contributed by atoms with Gasteiger partial charge in [-0.05, 0) is 19.1 Å². The number of halogens is 1. The van der Waals surface area contributed by atoms with Crippen molar-refractivity contribution in [2.45, 2.75) is 13.5 Å². The standard InChI is InChI=1S/C11H9ClO3/c1-6-2-3-9-7(4-6)10(12)8(5-13)11(14)15-9/h2-4,13H,5H2,1H3. The van der Waals surface area contributed by atoms with Crippen LogP contribution < -0.4 is 5.63 Å². The summed E-state index contributed by atoms with van der Waals surface area (Å²) in [6, 6.07) is 5.35. The third-order valence-electron chi connectivity index (χ3n) is 2.24. The average molecular weight is 225 g/mol. The lowest BCUT2D eigenvalue weighted by Crippen LogP contribution is -2.08. The molecule has 4 heteroatoms. The summed E-state index contributed by atoms with van der Waals surface area (Å²) in [7, 11) is 0. The lowest BCUT2D eigenvalue weighted by atomic mass is 10.1. The van der Waals surface area contributed by atoms with E-state index in [2.05, 4.69) is 0 Å². The van der Waals surface area contributed by atoms with Gasteiger partial charge < -0.3 is 9.52 Å². The van der Waals surface area contributed by atoms with Crippen LogP contribution in [0.25, 0.3) is 11.0 Å². The molecule has 0 aliphatic rings. The zero-order valence-electron chi connectivity index (χ0n) is 8.08. The van der Waals surface area contributed by atoms with Crippen molar-refractivity contribution in [2.24, 2.45) is 0 Å². The van der Waals surface area contributed by atoms with Crippen molar-refractivity contribution in [3.8, 4) is 0 Å². The topological polar surface area (TPSA) is 50.4 Å². The first-order valence-corrected chi connectivity index (χ1v) is 4.84. The largest absolute Gasteiger partial charge is 0.422 e. The van der Waals surface area contributed by atoms with Crippen LogP contribution in [-0.4, -0.2) is 5.11 Å². The molecule has 0 spiro atoms. The van der Waals surface area contributed by atoms with Gasteiger partial charge in [0.1, 0.15) is 5.58 Å². The molecular weight excluding hydrogens is 216 g/mol. The summed E-state index contributed by atoms with van der Waals surface area (Å²) in [5.41, 5.74) is 0.976. The minimum atomic E-state index is -0.584. The quantitative estimate of drug-likeness (QED) is 0.756. The van der Waals surface area contributed by atoms with Crippen LogP contribution in [0.15, 0.2) is 27.4 Å². The lowest BCUT2D eigenvalue weighted by Gasteiger charge is -2.04. The maximum Gasteiger partial charge on any atom is 0.343 e. The molecule has 1 heterocycles. The Hall–Kier alpha value is -1.32. The zero-order chi connectivity index (χ0) is 11.0. The summed E-state index contributed by atoms with van der Waals surface area (Å²) in [5, 5.41) is 9.91. The minimum Gasteiger partial charge on any atom is -0.422 e. The Balaban J connectivity index is 2.92. The van der Waals surface area contributed by atoms with Crippen LogP contribution in [-0.2, 0) is 6.61 Å². The predicted octanol–water partition coefficient (Wildman–Crippen LogP) is 2.25. The first-order valence-electron chi connectivity index (χ1n) is 4.46. The van der Waals surface area contributed by atoms with Crippen molar-refractivity contribution in [1.82, 2.24) is 0 Å². The second-order valence-corrected chi connectivity index (χ2v) is 3.72. The van der Waals surface area contributed by atoms with Gasteiger partial charge in [-0.15, -0.1) is 0 Å². The van der Waals surface area contributed by atoms with Gasteiger partial charge in [-0.3, -0.25) is 0 Å². The molecule has 0 amide bonds. The van der Waals surface area contributed by atoms with Crippen molar-refractivity contribution in [1.29, 1.82) is 0 Å². The summed E-state index contributed by atoms with van der Waals surface area (Å²) < 4.78 is 5.02. The molecule has 0 bridgehead atoms. The summed E-state index contributed by atoms with van der Waals surface area (Å²) in [6.07, 6.45) is 0. The third kappa shape index (κ3) is 1.64. The maximum atomic E-state index is 11.4. The van der Waals surface area contributed by atoms with Gasteiger partial charge in [-0.2, -0.15) is 0 Å². The Morgan fingerprint density at radius 3 is 2.87 bits per heavy atom. The number of hydrogen-bond donors (Lipinski definition) is 1. The molecule has 1 aromatic heterocycles. The van der Waals surface area contributed by atoms with Crippen molar-refractivity contribution in [3.05, 3.63) is 44.8 Å². The molecule has 1 aromatic carbocycles. The van der Waals surface area contributed by atoms with E-state index in [9.17, 15) is 4.79 Å². The molecule has 0 fully saturated rings. The number of benzene rings is 1. The van der Waals surface area contributed by atoms with Gasteiger partial charge in [0.15, 0.2) is 0 Å². The summed E-state index contributed by atoms with van der Waals surface area (Å²) in [5.74, 6) is 0. The molecule has 0 radical (unpaired) electrons. The van der Waals surface area contributed by atoms with Crippen LogP contribution in [0, 0.1) is 6.92 Å². The van der Waals surface area contributed by atoms with Crippen LogP contribution in [0.5, 0.6) is 0 Å². The number of fused-ring (bicyclic) bond motifs is 1. The summed E-state index contributed by atoms with van der Waals surface area (Å²) >= 11 is 6.00. The third-order valence-corrected chi connectivity index (χ3v) is 2.68. The maximum absolute atomic E-state index is 11.4. The first-order chi connectivity index (χ1) is 7.13. The monoisotopic (exact) mass is 224 g/mol. The Labute approximate surface area is 90.9 Å². The smallest absolute Gasteiger partial charge is 0.343 e. The lowest BCUT2D eigenvalue weighted by molar-refractivity contribution is 0.276. The van der Waals surface area contributed by atoms with Crippen molar-refractivity contribution in [3.63, 3.8) is 0 Å². The SMILES string of the molecule is Cc1ccc2oc(=O)c(CO)c(Cl)c2c1. The molecule has 2 rings (SSSR count). The van der Waals surface area contributed by atoms with Gasteiger partial charge in [0.2, 0.25) is 0 Å². The highest BCUT2D eigenvalue weighted by molar-refractivity contribution is 6.35. The number of aryl methyl sites for hydroxylation is 1. The van der Waals surface area contributed by atoms with E-state index in [-0.39, 0.29) is 10.6 Å². The number of aliphatic hydroxyl groups excluding tert-OH is 1. The molecule has 0 aliphatic carbocycles. The van der Waals surface area contributed by atoms with E-state index in [4.69, 9.17) is 21.1 Å². The predicted molar refractivity (Wildman–Crippen MR) is 58.2 cm³/mol. The van der Waals surface area contributed by atoms with Crippen LogP contribution >= 0.6 is 11.6 Å². The van der Waals surface area contributed by atoms with Crippen molar-refractivity contribution >= 4 is 22.6 Å². The summed E-state index contributed by atoms with van der Waals surface area (Å²) in [4.78, 5) is 11.4. The van der Waals surface area contributed by atoms with E-state index in [0.717, 1.165) is 5.56 Å². The minimum absolute atomic E-state index is 0.106. The first kappa shape index (κ1) is 10.2. The summed E-state index contributed by atoms with van der Waals surface area (Å²) in [6.45, 7) is 1.50. The van der Waals surface area contributed by atoms with Gasteiger partial charge >= 0.3 is 5.63 Å². The van der Waals surface area contributed by atoms with Gasteiger partial charge in [-0.25, -0.2) is 4.79 Å². The highest BCUT2D eigenvalue weighted by atomic mass is 35.5. The second-order valence-electron chi connectivity index (χ2n) is 3.34. The Kier molecular flexibility index (Phi) is 2.50. The van der Waals surface area contributed by atoms with E-state index in [1.807, 2.05) is 19.1 Å². The highest BCUT2D eigenvalue weighted by Gasteiger charge is 2.11. The average Bonchev–Trinajstić information content (AvgIpc) is 2.20. The van der Waals surface area contributed by atoms with Crippen LogP contribution in [0.3, 0.4) is 0 Å². The molecule has 0 saturated heterocycles. The molecule has 15 heavy (non-hydrogen) atoms. The Morgan fingerprint density at radius 1 is 1.47 bits per heavy atom. The molecule has 78 valence electrons. The highest BCUT2D eigenvalue weighted by Crippen LogP contribution is 2.25. The normalized spacial score (nSPS) is 10.9. The fourth-order valence-electron chi connectivity index (χ4n) is 1.45. The van der Waals surface area contributed by atoms with Gasteiger partial charge in [0.25, 0.3) is 0 Å². The van der Waals surface area contributed by atoms with E-state index >= 15 is 0 Å². The molecule has 0 atom stereocenters. The van der Waals surface area contributed by atoms with E-state index < -0.39 is 12.2 Å². The fraction of sp³-hybridized carbons (Fsp3) is 0.182. The molecular formula is C11H9ClO3. The molecule has 2 aromatic rings. The van der Waals surface area contributed by atoms with E-state index in [1.54, 1.807) is 6.07 Å². The number of aliphatic hydroxyl groups is 1. The van der Waals surface area contributed by atoms with E-state index in [1.165, 1.54) is 0 Å². The van der Waals surface area contributed by atoms with Crippen LogP contribution in [0.2, 0.25) is 5.02 Å². The molecule has 3 nitrogen and oxygen atoms in total. The van der Waals surface area contributed by atoms with Gasteiger partial charge in [-0.1, -0.05) is 23.2 Å². The second kappa shape index (κ2) is 3.68. The Bertz CT molecular complexity index is 572. The fourth-order valence-corrected chi connectivity index (χ4v) is 1.74. The zero-order valence-corrected chi connectivity index (χ0v) is 8.84.